The number of hydrogen-bond donors (Lipinski definition) is 2. The van der Waals surface area contributed by atoms with Crippen LogP contribution in [-0.4, -0.2) is 17.8 Å². The van der Waals surface area contributed by atoms with E-state index in [2.05, 4.69) is 14.2 Å². The van der Waals surface area contributed by atoms with Gasteiger partial charge in [-0.3, -0.25) is 0 Å². The van der Waals surface area contributed by atoms with E-state index in [0.29, 0.717) is 11.3 Å². The standard InChI is InChI=1S/C11H12F3N2P/c1-7-8(6-15)3-2-4-9(7)16-10(17)5-11(12,13)14/h2-4,6,15-17H,5H2,1H3. The zero-order valence-corrected chi connectivity index (χ0v) is 10.2. The second-order valence-electron chi connectivity index (χ2n) is 3.56. The van der Waals surface area contributed by atoms with E-state index in [4.69, 9.17) is 5.41 Å². The minimum Gasteiger partial charge on any atom is -0.355 e. The van der Waals surface area contributed by atoms with Crippen molar-refractivity contribution in [1.82, 2.24) is 0 Å². The molecule has 17 heavy (non-hydrogen) atoms. The molecule has 0 saturated carbocycles. The monoisotopic (exact) mass is 260 g/mol. The molecule has 0 heterocycles. The van der Waals surface area contributed by atoms with Crippen molar-refractivity contribution in [2.75, 3.05) is 5.32 Å². The van der Waals surface area contributed by atoms with E-state index in [1.54, 1.807) is 25.1 Å². The molecule has 2 nitrogen and oxygen atoms in total. The summed E-state index contributed by atoms with van der Waals surface area (Å²) in [5, 5.41) is 9.80. The number of anilines is 1. The summed E-state index contributed by atoms with van der Waals surface area (Å²) in [5.41, 5.74) is 1.91. The lowest BCUT2D eigenvalue weighted by Gasteiger charge is -2.14. The van der Waals surface area contributed by atoms with E-state index >= 15 is 0 Å². The molecule has 2 N–H and O–H groups in total. The first-order chi connectivity index (χ1) is 7.83. The fourth-order valence-corrected chi connectivity index (χ4v) is 1.69. The van der Waals surface area contributed by atoms with Gasteiger partial charge in [0.1, 0.15) is 0 Å². The third-order valence-electron chi connectivity index (χ3n) is 2.19. The van der Waals surface area contributed by atoms with Gasteiger partial charge in [-0.25, -0.2) is 0 Å². The third-order valence-corrected chi connectivity index (χ3v) is 2.50. The number of halogens is 3. The highest BCUT2D eigenvalue weighted by atomic mass is 31.0. The number of benzene rings is 1. The lowest BCUT2D eigenvalue weighted by molar-refractivity contribution is -0.120. The van der Waals surface area contributed by atoms with Gasteiger partial charge < -0.3 is 10.7 Å². The molecule has 6 heteroatoms. The summed E-state index contributed by atoms with van der Waals surface area (Å²) < 4.78 is 36.4. The van der Waals surface area contributed by atoms with E-state index in [9.17, 15) is 13.2 Å². The summed E-state index contributed by atoms with van der Waals surface area (Å²) in [7, 11) is 2.91. The van der Waals surface area contributed by atoms with E-state index in [1.165, 1.54) is 0 Å². The van der Waals surface area contributed by atoms with E-state index < -0.39 is 12.6 Å². The fraction of sp³-hybridized carbons (Fsp3) is 0.273. The van der Waals surface area contributed by atoms with Crippen LogP contribution in [0.1, 0.15) is 17.5 Å². The van der Waals surface area contributed by atoms with Gasteiger partial charge in [0.2, 0.25) is 0 Å². The quantitative estimate of drug-likeness (QED) is 0.629. The Morgan fingerprint density at radius 1 is 1.47 bits per heavy atom. The first-order valence-electron chi connectivity index (χ1n) is 4.85. The molecule has 0 amide bonds. The van der Waals surface area contributed by atoms with Crippen molar-refractivity contribution in [3.05, 3.63) is 29.3 Å². The lowest BCUT2D eigenvalue weighted by Crippen LogP contribution is -2.19. The maximum atomic E-state index is 12.1. The van der Waals surface area contributed by atoms with Crippen LogP contribution in [0.2, 0.25) is 0 Å². The molecule has 0 aliphatic rings. The second-order valence-corrected chi connectivity index (χ2v) is 4.16. The predicted octanol–water partition coefficient (Wildman–Crippen LogP) is 3.63. The molecule has 0 spiro atoms. The largest absolute Gasteiger partial charge is 0.394 e. The molecule has 0 fully saturated rings. The zero-order valence-electron chi connectivity index (χ0n) is 9.15. The summed E-state index contributed by atoms with van der Waals surface area (Å²) in [6.45, 7) is 1.75. The van der Waals surface area contributed by atoms with Crippen molar-refractivity contribution in [2.45, 2.75) is 19.5 Å². The Hall–Kier alpha value is -1.35. The highest BCUT2D eigenvalue weighted by molar-refractivity contribution is 7.21. The molecule has 0 aliphatic carbocycles. The van der Waals surface area contributed by atoms with Crippen LogP contribution in [-0.2, 0) is 0 Å². The van der Waals surface area contributed by atoms with Crippen LogP contribution in [0, 0.1) is 12.3 Å². The SMILES string of the molecule is Cc1c(C=N)cccc1NC(=P)CC(F)(F)F. The van der Waals surface area contributed by atoms with Crippen molar-refractivity contribution >= 4 is 26.2 Å². The fourth-order valence-electron chi connectivity index (χ4n) is 1.35. The molecule has 0 unspecified atom stereocenters. The number of rotatable bonds is 4. The van der Waals surface area contributed by atoms with Gasteiger partial charge >= 0.3 is 6.18 Å². The highest BCUT2D eigenvalue weighted by Gasteiger charge is 2.28. The summed E-state index contributed by atoms with van der Waals surface area (Å²) in [6.07, 6.45) is -4.13. The summed E-state index contributed by atoms with van der Waals surface area (Å²) >= 11 is 0. The molecule has 1 aromatic carbocycles. The van der Waals surface area contributed by atoms with Crippen LogP contribution in [0.5, 0.6) is 0 Å². The number of nitrogens with one attached hydrogen (secondary N) is 2. The van der Waals surface area contributed by atoms with Gasteiger partial charge in [-0.05, 0) is 24.1 Å². The lowest BCUT2D eigenvalue weighted by atomic mass is 10.1. The predicted molar refractivity (Wildman–Crippen MR) is 66.7 cm³/mol. The van der Waals surface area contributed by atoms with Gasteiger partial charge in [-0.2, -0.15) is 13.2 Å². The Morgan fingerprint density at radius 3 is 2.65 bits per heavy atom. The zero-order chi connectivity index (χ0) is 13.1. The Labute approximate surface area is 99.6 Å². The molecular formula is C11H12F3N2P. The van der Waals surface area contributed by atoms with Crippen molar-refractivity contribution in [1.29, 1.82) is 5.41 Å². The first kappa shape index (κ1) is 13.7. The molecule has 92 valence electrons. The molecule has 0 bridgehead atoms. The van der Waals surface area contributed by atoms with Crippen LogP contribution >= 0.6 is 8.86 Å². The minimum absolute atomic E-state index is 0.0530. The van der Waals surface area contributed by atoms with Gasteiger partial charge in [-0.1, -0.05) is 21.0 Å². The summed E-state index contributed by atoms with van der Waals surface area (Å²) in [4.78, 5) is 0. The Kier molecular flexibility index (Phi) is 4.29. The van der Waals surface area contributed by atoms with Crippen molar-refractivity contribution in [2.24, 2.45) is 0 Å². The third kappa shape index (κ3) is 4.19. The van der Waals surface area contributed by atoms with Gasteiger partial charge in [-0.15, -0.1) is 0 Å². The molecule has 1 rings (SSSR count). The van der Waals surface area contributed by atoms with E-state index in [0.717, 1.165) is 11.8 Å². The molecule has 0 saturated heterocycles. The molecule has 0 atom stereocenters. The average molecular weight is 260 g/mol. The molecule has 0 aromatic heterocycles. The van der Waals surface area contributed by atoms with Gasteiger partial charge in [0.15, 0.2) is 0 Å². The van der Waals surface area contributed by atoms with Crippen molar-refractivity contribution in [3.63, 3.8) is 0 Å². The summed E-state index contributed by atoms with van der Waals surface area (Å²) in [6, 6.07) is 5.08. The number of hydrogen-bond acceptors (Lipinski definition) is 1. The van der Waals surface area contributed by atoms with Crippen LogP contribution in [0.25, 0.3) is 0 Å². The average Bonchev–Trinajstić information content (AvgIpc) is 2.18. The van der Waals surface area contributed by atoms with Gasteiger partial charge in [0.05, 0.1) is 6.42 Å². The topological polar surface area (TPSA) is 35.9 Å². The van der Waals surface area contributed by atoms with Crippen LogP contribution in [0.3, 0.4) is 0 Å². The second kappa shape index (κ2) is 5.32. The van der Waals surface area contributed by atoms with Gasteiger partial charge in [0, 0.05) is 17.3 Å². The van der Waals surface area contributed by atoms with Crippen LogP contribution in [0.15, 0.2) is 18.2 Å². The smallest absolute Gasteiger partial charge is 0.355 e. The first-order valence-corrected chi connectivity index (χ1v) is 5.35. The molecule has 0 radical (unpaired) electrons. The van der Waals surface area contributed by atoms with Crippen LogP contribution < -0.4 is 5.32 Å². The van der Waals surface area contributed by atoms with E-state index in [-0.39, 0.29) is 5.42 Å². The number of alkyl halides is 3. The maximum Gasteiger partial charge on any atom is 0.394 e. The van der Waals surface area contributed by atoms with Crippen LogP contribution in [0.4, 0.5) is 18.9 Å². The van der Waals surface area contributed by atoms with Crippen molar-refractivity contribution in [3.8, 4) is 0 Å². The Morgan fingerprint density at radius 2 is 2.12 bits per heavy atom. The minimum atomic E-state index is -4.25. The molecule has 1 aromatic rings. The van der Waals surface area contributed by atoms with Gasteiger partial charge in [0.25, 0.3) is 0 Å². The normalized spacial score (nSPS) is 11.1. The molecular weight excluding hydrogens is 248 g/mol. The van der Waals surface area contributed by atoms with E-state index in [1.807, 2.05) is 0 Å². The highest BCUT2D eigenvalue weighted by Crippen LogP contribution is 2.23. The summed E-state index contributed by atoms with van der Waals surface area (Å²) in [5.74, 6) is 0. The maximum absolute atomic E-state index is 12.1. The van der Waals surface area contributed by atoms with Crippen molar-refractivity contribution < 1.29 is 13.2 Å². The Balaban J connectivity index is 2.82. The Bertz CT molecular complexity index is 441. The molecule has 0 aliphatic heterocycles.